The Morgan fingerprint density at radius 3 is 3.00 bits per heavy atom. The average molecular weight is 267 g/mol. The van der Waals surface area contributed by atoms with E-state index in [2.05, 4.69) is 20.5 Å². The molecule has 0 radical (unpaired) electrons. The van der Waals surface area contributed by atoms with Crippen LogP contribution in [0.3, 0.4) is 0 Å². The van der Waals surface area contributed by atoms with Gasteiger partial charge in [-0.3, -0.25) is 5.10 Å². The van der Waals surface area contributed by atoms with Crippen molar-refractivity contribution in [1.29, 1.82) is 0 Å². The highest BCUT2D eigenvalue weighted by Gasteiger charge is 2.01. The lowest BCUT2D eigenvalue weighted by Gasteiger charge is -2.07. The fraction of sp³-hybridized carbons (Fsp3) is 0.333. The van der Waals surface area contributed by atoms with Crippen LogP contribution < -0.4 is 10.1 Å². The number of H-pyrrole nitrogens is 1. The maximum atomic E-state index is 6.05. The SMILES string of the molecule is COc1ccc(CNCCc2ncn[nH]2)cc1Cl. The summed E-state index contributed by atoms with van der Waals surface area (Å²) in [5.41, 5.74) is 1.12. The van der Waals surface area contributed by atoms with Gasteiger partial charge in [-0.2, -0.15) is 5.10 Å². The van der Waals surface area contributed by atoms with E-state index in [4.69, 9.17) is 16.3 Å². The minimum atomic E-state index is 0.632. The summed E-state index contributed by atoms with van der Waals surface area (Å²) < 4.78 is 5.10. The molecule has 0 atom stereocenters. The van der Waals surface area contributed by atoms with Crippen molar-refractivity contribution in [2.75, 3.05) is 13.7 Å². The molecule has 0 aliphatic rings. The molecule has 96 valence electrons. The molecule has 0 amide bonds. The van der Waals surface area contributed by atoms with E-state index in [1.807, 2.05) is 18.2 Å². The molecule has 0 aliphatic heterocycles. The smallest absolute Gasteiger partial charge is 0.137 e. The number of hydrogen-bond acceptors (Lipinski definition) is 4. The molecule has 0 aliphatic carbocycles. The zero-order valence-electron chi connectivity index (χ0n) is 10.1. The van der Waals surface area contributed by atoms with E-state index in [1.54, 1.807) is 7.11 Å². The summed E-state index contributed by atoms with van der Waals surface area (Å²) in [5, 5.41) is 10.6. The van der Waals surface area contributed by atoms with Crippen molar-refractivity contribution in [3.05, 3.63) is 40.9 Å². The predicted octanol–water partition coefficient (Wildman–Crippen LogP) is 1.80. The summed E-state index contributed by atoms with van der Waals surface area (Å²) in [6.07, 6.45) is 2.34. The second-order valence-electron chi connectivity index (χ2n) is 3.83. The maximum Gasteiger partial charge on any atom is 0.137 e. The van der Waals surface area contributed by atoms with Crippen LogP contribution in [0, 0.1) is 0 Å². The maximum absolute atomic E-state index is 6.05. The molecule has 0 unspecified atom stereocenters. The number of halogens is 1. The van der Waals surface area contributed by atoms with Crippen molar-refractivity contribution < 1.29 is 4.74 Å². The van der Waals surface area contributed by atoms with Gasteiger partial charge in [0.25, 0.3) is 0 Å². The topological polar surface area (TPSA) is 62.8 Å². The molecule has 5 nitrogen and oxygen atoms in total. The van der Waals surface area contributed by atoms with Gasteiger partial charge in [0.2, 0.25) is 0 Å². The van der Waals surface area contributed by atoms with Crippen molar-refractivity contribution in [2.45, 2.75) is 13.0 Å². The number of ether oxygens (including phenoxy) is 1. The highest BCUT2D eigenvalue weighted by Crippen LogP contribution is 2.24. The third-order valence-corrected chi connectivity index (χ3v) is 2.84. The van der Waals surface area contributed by atoms with E-state index in [0.717, 1.165) is 30.9 Å². The first kappa shape index (κ1) is 12.9. The minimum Gasteiger partial charge on any atom is -0.495 e. The van der Waals surface area contributed by atoms with Crippen molar-refractivity contribution in [3.63, 3.8) is 0 Å². The molecule has 2 rings (SSSR count). The first-order valence-corrected chi connectivity index (χ1v) is 6.05. The Bertz CT molecular complexity index is 487. The number of nitrogens with one attached hydrogen (secondary N) is 2. The van der Waals surface area contributed by atoms with Crippen LogP contribution in [-0.4, -0.2) is 28.8 Å². The van der Waals surface area contributed by atoms with Crippen LogP contribution in [0.25, 0.3) is 0 Å². The third-order valence-electron chi connectivity index (χ3n) is 2.55. The van der Waals surface area contributed by atoms with Crippen LogP contribution in [-0.2, 0) is 13.0 Å². The molecule has 2 N–H and O–H groups in total. The lowest BCUT2D eigenvalue weighted by Crippen LogP contribution is -2.17. The Kier molecular flexibility index (Phi) is 4.55. The van der Waals surface area contributed by atoms with Gasteiger partial charge in [-0.05, 0) is 17.7 Å². The zero-order valence-corrected chi connectivity index (χ0v) is 10.9. The van der Waals surface area contributed by atoms with Crippen molar-refractivity contribution in [3.8, 4) is 5.75 Å². The van der Waals surface area contributed by atoms with Crippen LogP contribution in [0.4, 0.5) is 0 Å². The summed E-state index contributed by atoms with van der Waals surface area (Å²) in [6, 6.07) is 5.77. The van der Waals surface area contributed by atoms with Gasteiger partial charge in [0, 0.05) is 19.5 Å². The Morgan fingerprint density at radius 2 is 2.33 bits per heavy atom. The van der Waals surface area contributed by atoms with E-state index < -0.39 is 0 Å². The van der Waals surface area contributed by atoms with Crippen molar-refractivity contribution in [1.82, 2.24) is 20.5 Å². The minimum absolute atomic E-state index is 0.632. The zero-order chi connectivity index (χ0) is 12.8. The molecule has 0 saturated heterocycles. The normalized spacial score (nSPS) is 10.6. The Labute approximate surface area is 111 Å². The quantitative estimate of drug-likeness (QED) is 0.783. The van der Waals surface area contributed by atoms with Gasteiger partial charge in [-0.15, -0.1) is 0 Å². The Balaban J connectivity index is 1.78. The molecule has 0 spiro atoms. The number of aromatic amines is 1. The van der Waals surface area contributed by atoms with Crippen LogP contribution in [0.5, 0.6) is 5.75 Å². The first-order valence-electron chi connectivity index (χ1n) is 5.67. The fourth-order valence-corrected chi connectivity index (χ4v) is 1.89. The molecule has 1 heterocycles. The molecule has 6 heteroatoms. The molecule has 0 fully saturated rings. The number of benzene rings is 1. The Morgan fingerprint density at radius 1 is 1.44 bits per heavy atom. The van der Waals surface area contributed by atoms with Crippen molar-refractivity contribution >= 4 is 11.6 Å². The highest BCUT2D eigenvalue weighted by molar-refractivity contribution is 6.32. The molecular weight excluding hydrogens is 252 g/mol. The van der Waals surface area contributed by atoms with Crippen molar-refractivity contribution in [2.24, 2.45) is 0 Å². The first-order chi connectivity index (χ1) is 8.79. The second-order valence-corrected chi connectivity index (χ2v) is 4.24. The number of aromatic nitrogens is 3. The van der Waals surface area contributed by atoms with E-state index in [0.29, 0.717) is 10.8 Å². The van der Waals surface area contributed by atoms with Crippen LogP contribution in [0.1, 0.15) is 11.4 Å². The lowest BCUT2D eigenvalue weighted by atomic mass is 10.2. The van der Waals surface area contributed by atoms with Gasteiger partial charge in [0.1, 0.15) is 17.9 Å². The molecule has 2 aromatic rings. The molecule has 1 aromatic carbocycles. The Hall–Kier alpha value is -1.59. The largest absolute Gasteiger partial charge is 0.495 e. The van der Waals surface area contributed by atoms with Crippen LogP contribution >= 0.6 is 11.6 Å². The van der Waals surface area contributed by atoms with Gasteiger partial charge in [-0.25, -0.2) is 4.98 Å². The van der Waals surface area contributed by atoms with Gasteiger partial charge >= 0.3 is 0 Å². The monoisotopic (exact) mass is 266 g/mol. The highest BCUT2D eigenvalue weighted by atomic mass is 35.5. The number of rotatable bonds is 6. The molecular formula is C12H15ClN4O. The van der Waals surface area contributed by atoms with Gasteiger partial charge in [-0.1, -0.05) is 17.7 Å². The number of hydrogen-bond donors (Lipinski definition) is 2. The van der Waals surface area contributed by atoms with Gasteiger partial charge in [0.15, 0.2) is 0 Å². The number of methoxy groups -OCH3 is 1. The molecule has 0 bridgehead atoms. The standard InChI is InChI=1S/C12H15ClN4O/c1-18-11-3-2-9(6-10(11)13)7-14-5-4-12-15-8-16-17-12/h2-3,6,8,14H,4-5,7H2,1H3,(H,15,16,17). The van der Waals surface area contributed by atoms with E-state index >= 15 is 0 Å². The fourth-order valence-electron chi connectivity index (χ4n) is 1.61. The van der Waals surface area contributed by atoms with Gasteiger partial charge < -0.3 is 10.1 Å². The van der Waals surface area contributed by atoms with Gasteiger partial charge in [0.05, 0.1) is 12.1 Å². The summed E-state index contributed by atoms with van der Waals surface area (Å²) in [5.74, 6) is 1.58. The molecule has 1 aromatic heterocycles. The van der Waals surface area contributed by atoms with E-state index in [1.165, 1.54) is 6.33 Å². The summed E-state index contributed by atoms with van der Waals surface area (Å²) in [6.45, 7) is 1.59. The van der Waals surface area contributed by atoms with E-state index in [-0.39, 0.29) is 0 Å². The molecule has 0 saturated carbocycles. The average Bonchev–Trinajstić information content (AvgIpc) is 2.88. The van der Waals surface area contributed by atoms with Crippen LogP contribution in [0.2, 0.25) is 5.02 Å². The second kappa shape index (κ2) is 6.37. The third kappa shape index (κ3) is 3.45. The van der Waals surface area contributed by atoms with E-state index in [9.17, 15) is 0 Å². The summed E-state index contributed by atoms with van der Waals surface area (Å²) >= 11 is 6.05. The summed E-state index contributed by atoms with van der Waals surface area (Å²) in [7, 11) is 1.61. The predicted molar refractivity (Wildman–Crippen MR) is 69.8 cm³/mol. The lowest BCUT2D eigenvalue weighted by molar-refractivity contribution is 0.415. The number of nitrogens with zero attached hydrogens (tertiary/aromatic N) is 2. The van der Waals surface area contributed by atoms with Crippen LogP contribution in [0.15, 0.2) is 24.5 Å². The molecule has 18 heavy (non-hydrogen) atoms. The summed E-state index contributed by atoms with van der Waals surface area (Å²) in [4.78, 5) is 4.05.